The lowest BCUT2D eigenvalue weighted by molar-refractivity contribution is -0.385. The number of nitrogens with zero attached hydrogens (tertiary/aromatic N) is 4. The highest BCUT2D eigenvalue weighted by Crippen LogP contribution is 2.23. The van der Waals surface area contributed by atoms with Crippen LogP contribution in [0, 0.1) is 16.0 Å². The molecule has 1 aliphatic rings. The van der Waals surface area contributed by atoms with E-state index in [0.717, 1.165) is 19.0 Å². The molecule has 7 heteroatoms. The number of carbonyl (C=O) groups excluding carboxylic acids is 1. The largest absolute Gasteiger partial charge is 0.337 e. The number of piperidine rings is 1. The van der Waals surface area contributed by atoms with Gasteiger partial charge in [0.1, 0.15) is 6.20 Å². The molecule has 0 bridgehead atoms. The molecule has 0 radical (unpaired) electrons. The SMILES string of the molecule is CCn1ncc([N+](=O)[O-])c1C(=O)N1CCCC(C)C1. The molecule has 1 aliphatic heterocycles. The van der Waals surface area contributed by atoms with Gasteiger partial charge in [-0.2, -0.15) is 5.10 Å². The fourth-order valence-corrected chi connectivity index (χ4v) is 2.49. The number of amides is 1. The molecule has 2 rings (SSSR count). The van der Waals surface area contributed by atoms with Crippen LogP contribution < -0.4 is 0 Å². The number of hydrogen-bond donors (Lipinski definition) is 0. The monoisotopic (exact) mass is 266 g/mol. The van der Waals surface area contributed by atoms with Crippen molar-refractivity contribution in [3.63, 3.8) is 0 Å². The second kappa shape index (κ2) is 5.38. The van der Waals surface area contributed by atoms with Crippen LogP contribution in [-0.4, -0.2) is 38.6 Å². The van der Waals surface area contributed by atoms with Gasteiger partial charge in [0.25, 0.3) is 5.91 Å². The lowest BCUT2D eigenvalue weighted by Gasteiger charge is -2.30. The van der Waals surface area contributed by atoms with Crippen LogP contribution >= 0.6 is 0 Å². The topological polar surface area (TPSA) is 81.3 Å². The van der Waals surface area contributed by atoms with Crippen molar-refractivity contribution in [2.45, 2.75) is 33.2 Å². The summed E-state index contributed by atoms with van der Waals surface area (Å²) in [7, 11) is 0. The molecule has 0 aromatic carbocycles. The Labute approximate surface area is 111 Å². The summed E-state index contributed by atoms with van der Waals surface area (Å²) in [6.07, 6.45) is 3.20. The van der Waals surface area contributed by atoms with Crippen molar-refractivity contribution in [1.29, 1.82) is 0 Å². The molecule has 7 nitrogen and oxygen atoms in total. The lowest BCUT2D eigenvalue weighted by atomic mass is 10.00. The van der Waals surface area contributed by atoms with Gasteiger partial charge in [0.2, 0.25) is 5.69 Å². The number of rotatable bonds is 3. The first-order chi connectivity index (χ1) is 9.04. The summed E-state index contributed by atoms with van der Waals surface area (Å²) in [5.41, 5.74) is -0.105. The fraction of sp³-hybridized carbons (Fsp3) is 0.667. The van der Waals surface area contributed by atoms with Gasteiger partial charge in [0.05, 0.1) is 4.92 Å². The van der Waals surface area contributed by atoms with Crippen LogP contribution in [0.4, 0.5) is 5.69 Å². The average molecular weight is 266 g/mol. The van der Waals surface area contributed by atoms with Crippen LogP contribution in [0.25, 0.3) is 0 Å². The molecule has 1 amide bonds. The minimum atomic E-state index is -0.542. The van der Waals surface area contributed by atoms with Gasteiger partial charge in [0.15, 0.2) is 0 Å². The molecule has 0 aliphatic carbocycles. The Morgan fingerprint density at radius 3 is 2.95 bits per heavy atom. The van der Waals surface area contributed by atoms with E-state index in [1.165, 1.54) is 4.68 Å². The second-order valence-corrected chi connectivity index (χ2v) is 4.95. The number of nitro groups is 1. The predicted molar refractivity (Wildman–Crippen MR) is 68.9 cm³/mol. The highest BCUT2D eigenvalue weighted by molar-refractivity contribution is 5.96. The van der Waals surface area contributed by atoms with Crippen molar-refractivity contribution < 1.29 is 9.72 Å². The van der Waals surface area contributed by atoms with Crippen LogP contribution in [-0.2, 0) is 6.54 Å². The quantitative estimate of drug-likeness (QED) is 0.615. The first-order valence-electron chi connectivity index (χ1n) is 6.54. The second-order valence-electron chi connectivity index (χ2n) is 4.95. The number of carbonyl (C=O) groups is 1. The lowest BCUT2D eigenvalue weighted by Crippen LogP contribution is -2.40. The van der Waals surface area contributed by atoms with Gasteiger partial charge in [0, 0.05) is 19.6 Å². The van der Waals surface area contributed by atoms with Crippen LogP contribution in [0.5, 0.6) is 0 Å². The zero-order chi connectivity index (χ0) is 14.0. The van der Waals surface area contributed by atoms with Crippen molar-refractivity contribution in [1.82, 2.24) is 14.7 Å². The molecular weight excluding hydrogens is 248 g/mol. The van der Waals surface area contributed by atoms with E-state index in [1.54, 1.807) is 4.90 Å². The summed E-state index contributed by atoms with van der Waals surface area (Å²) in [4.78, 5) is 24.6. The van der Waals surface area contributed by atoms with Gasteiger partial charge in [-0.25, -0.2) is 0 Å². The molecule has 19 heavy (non-hydrogen) atoms. The normalized spacial score (nSPS) is 19.5. The third-order valence-corrected chi connectivity index (χ3v) is 3.46. The van der Waals surface area contributed by atoms with Gasteiger partial charge >= 0.3 is 5.69 Å². The van der Waals surface area contributed by atoms with E-state index in [2.05, 4.69) is 12.0 Å². The van der Waals surface area contributed by atoms with Crippen molar-refractivity contribution in [2.75, 3.05) is 13.1 Å². The van der Waals surface area contributed by atoms with Gasteiger partial charge in [-0.3, -0.25) is 19.6 Å². The highest BCUT2D eigenvalue weighted by Gasteiger charge is 2.31. The van der Waals surface area contributed by atoms with Gasteiger partial charge in [-0.1, -0.05) is 6.92 Å². The summed E-state index contributed by atoms with van der Waals surface area (Å²) in [5, 5.41) is 14.9. The highest BCUT2D eigenvalue weighted by atomic mass is 16.6. The van der Waals surface area contributed by atoms with Gasteiger partial charge < -0.3 is 4.90 Å². The zero-order valence-electron chi connectivity index (χ0n) is 11.2. The number of aryl methyl sites for hydroxylation is 1. The summed E-state index contributed by atoms with van der Waals surface area (Å²) in [6.45, 7) is 5.66. The maximum atomic E-state index is 12.5. The molecule has 1 fully saturated rings. The minimum Gasteiger partial charge on any atom is -0.337 e. The molecule has 0 spiro atoms. The Morgan fingerprint density at radius 1 is 1.63 bits per heavy atom. The third kappa shape index (κ3) is 2.59. The standard InChI is InChI=1S/C12H18N4O3/c1-3-15-11(10(7-13-15)16(18)19)12(17)14-6-4-5-9(2)8-14/h7,9H,3-6,8H2,1-2H3. The minimum absolute atomic E-state index is 0.0987. The Bertz CT molecular complexity index is 497. The fourth-order valence-electron chi connectivity index (χ4n) is 2.49. The zero-order valence-corrected chi connectivity index (χ0v) is 11.2. The van der Waals surface area contributed by atoms with Crippen LogP contribution in [0.3, 0.4) is 0 Å². The maximum Gasteiger partial charge on any atom is 0.320 e. The van der Waals surface area contributed by atoms with E-state index in [1.807, 2.05) is 6.92 Å². The first kappa shape index (κ1) is 13.5. The van der Waals surface area contributed by atoms with Crippen molar-refractivity contribution in [2.24, 2.45) is 5.92 Å². The van der Waals surface area contributed by atoms with Crippen LogP contribution in [0.2, 0.25) is 0 Å². The Hall–Kier alpha value is -1.92. The van der Waals surface area contributed by atoms with Gasteiger partial charge in [-0.05, 0) is 25.7 Å². The molecule has 1 aromatic heterocycles. The molecule has 0 N–H and O–H groups in total. The summed E-state index contributed by atoms with van der Waals surface area (Å²) < 4.78 is 1.40. The molecule has 1 atom stereocenters. The first-order valence-corrected chi connectivity index (χ1v) is 6.54. The molecule has 1 unspecified atom stereocenters. The molecule has 1 saturated heterocycles. The summed E-state index contributed by atoms with van der Waals surface area (Å²) in [6, 6.07) is 0. The molecule has 2 heterocycles. The Morgan fingerprint density at radius 2 is 2.37 bits per heavy atom. The number of hydrogen-bond acceptors (Lipinski definition) is 4. The van der Waals surface area contributed by atoms with Crippen molar-refractivity contribution >= 4 is 11.6 Å². The molecular formula is C12H18N4O3. The van der Waals surface area contributed by atoms with Crippen molar-refractivity contribution in [3.8, 4) is 0 Å². The Kier molecular flexibility index (Phi) is 3.82. The number of aromatic nitrogens is 2. The molecule has 104 valence electrons. The Balaban J connectivity index is 2.31. The molecule has 0 saturated carbocycles. The van der Waals surface area contributed by atoms with E-state index >= 15 is 0 Å². The number of likely N-dealkylation sites (tertiary alicyclic amines) is 1. The summed E-state index contributed by atoms with van der Waals surface area (Å²) >= 11 is 0. The van der Waals surface area contributed by atoms with E-state index in [-0.39, 0.29) is 17.3 Å². The van der Waals surface area contributed by atoms with Crippen LogP contribution in [0.15, 0.2) is 6.20 Å². The van der Waals surface area contributed by atoms with Crippen LogP contribution in [0.1, 0.15) is 37.2 Å². The predicted octanol–water partition coefficient (Wildman–Crippen LogP) is 1.68. The maximum absolute atomic E-state index is 12.5. The average Bonchev–Trinajstić information content (AvgIpc) is 2.81. The smallest absolute Gasteiger partial charge is 0.320 e. The summed E-state index contributed by atoms with van der Waals surface area (Å²) in [5.74, 6) is 0.160. The van der Waals surface area contributed by atoms with Crippen molar-refractivity contribution in [3.05, 3.63) is 22.0 Å². The third-order valence-electron chi connectivity index (χ3n) is 3.46. The van der Waals surface area contributed by atoms with E-state index < -0.39 is 4.92 Å². The van der Waals surface area contributed by atoms with E-state index in [4.69, 9.17) is 0 Å². The molecule has 1 aromatic rings. The van der Waals surface area contributed by atoms with E-state index in [9.17, 15) is 14.9 Å². The van der Waals surface area contributed by atoms with Gasteiger partial charge in [-0.15, -0.1) is 0 Å². The van der Waals surface area contributed by atoms with E-state index in [0.29, 0.717) is 25.6 Å².